The lowest BCUT2D eigenvalue weighted by Gasteiger charge is -2.28. The van der Waals surface area contributed by atoms with Crippen molar-refractivity contribution in [2.24, 2.45) is 5.92 Å². The molecular weight excluding hydrogens is 332 g/mol. The number of carbonyl (C=O) groups is 2. The maximum atomic E-state index is 12.4. The van der Waals surface area contributed by atoms with Crippen LogP contribution in [0.5, 0.6) is 0 Å². The fourth-order valence-electron chi connectivity index (χ4n) is 3.58. The molecular formula is C20H27N2O4+. The normalized spacial score (nSPS) is 21.3. The summed E-state index contributed by atoms with van der Waals surface area (Å²) in [6.07, 6.45) is 1.78. The van der Waals surface area contributed by atoms with Gasteiger partial charge in [-0.05, 0) is 38.8 Å². The Bertz CT molecular complexity index is 737. The first-order valence-electron chi connectivity index (χ1n) is 9.35. The summed E-state index contributed by atoms with van der Waals surface area (Å²) in [5.74, 6) is 0.482. The number of hydrogen-bond acceptors (Lipinski definition) is 4. The molecule has 6 nitrogen and oxygen atoms in total. The highest BCUT2D eigenvalue weighted by atomic mass is 16.5. The Morgan fingerprint density at radius 1 is 1.38 bits per heavy atom. The number of fused-ring (bicyclic) bond motifs is 1. The third kappa shape index (κ3) is 4.43. The van der Waals surface area contributed by atoms with Gasteiger partial charge in [0, 0.05) is 5.39 Å². The molecule has 1 aliphatic rings. The van der Waals surface area contributed by atoms with Crippen LogP contribution in [-0.2, 0) is 14.3 Å². The first-order chi connectivity index (χ1) is 12.6. The summed E-state index contributed by atoms with van der Waals surface area (Å²) < 4.78 is 10.9. The number of hydrogen-bond donors (Lipinski definition) is 2. The molecule has 26 heavy (non-hydrogen) atoms. The predicted molar refractivity (Wildman–Crippen MR) is 97.7 cm³/mol. The minimum absolute atomic E-state index is 0.0301. The van der Waals surface area contributed by atoms with Gasteiger partial charge in [-0.3, -0.25) is 9.59 Å². The summed E-state index contributed by atoms with van der Waals surface area (Å²) >= 11 is 0. The number of benzene rings is 1. The highest BCUT2D eigenvalue weighted by Gasteiger charge is 2.31. The lowest BCUT2D eigenvalue weighted by molar-refractivity contribution is -0.899. The van der Waals surface area contributed by atoms with Crippen LogP contribution in [0.2, 0.25) is 0 Å². The van der Waals surface area contributed by atoms with Gasteiger partial charge < -0.3 is 19.4 Å². The second-order valence-electron chi connectivity index (χ2n) is 6.95. The van der Waals surface area contributed by atoms with Crippen LogP contribution in [0, 0.1) is 5.92 Å². The molecule has 3 rings (SSSR count). The maximum absolute atomic E-state index is 12.4. The van der Waals surface area contributed by atoms with Gasteiger partial charge in [-0.2, -0.15) is 0 Å². The summed E-state index contributed by atoms with van der Waals surface area (Å²) in [6.45, 7) is 6.06. The Morgan fingerprint density at radius 2 is 2.19 bits per heavy atom. The Balaban J connectivity index is 1.53. The summed E-state index contributed by atoms with van der Waals surface area (Å²) in [5, 5.41) is 4.03. The molecule has 2 heterocycles. The number of likely N-dealkylation sites (tertiary alicyclic amines) is 1. The van der Waals surface area contributed by atoms with E-state index in [2.05, 4.69) is 5.32 Å². The standard InChI is InChI=1S/C20H26N2O4/c1-3-25-20(24)16-8-6-10-22(12-16)13-19(23)21-14(2)18-11-15-7-4-5-9-17(15)26-18/h4-5,7,9,11,14,16H,3,6,8,10,12-13H2,1-2H3,(H,21,23)/p+1/t14-,16+/m0/s1. The lowest BCUT2D eigenvalue weighted by Crippen LogP contribution is -3.14. The van der Waals surface area contributed by atoms with Crippen LogP contribution in [0.15, 0.2) is 34.7 Å². The molecule has 0 spiro atoms. The second kappa shape index (κ2) is 8.36. The van der Waals surface area contributed by atoms with Crippen LogP contribution < -0.4 is 10.2 Å². The highest BCUT2D eigenvalue weighted by Crippen LogP contribution is 2.23. The van der Waals surface area contributed by atoms with E-state index >= 15 is 0 Å². The number of amides is 1. The highest BCUT2D eigenvalue weighted by molar-refractivity contribution is 5.79. The summed E-state index contributed by atoms with van der Waals surface area (Å²) in [6, 6.07) is 9.57. The quantitative estimate of drug-likeness (QED) is 0.766. The van der Waals surface area contributed by atoms with Gasteiger partial charge in [0.05, 0.1) is 25.7 Å². The number of ether oxygens (including phenoxy) is 1. The Labute approximate surface area is 153 Å². The molecule has 1 aliphatic heterocycles. The van der Waals surface area contributed by atoms with Crippen LogP contribution in [0.25, 0.3) is 11.0 Å². The van der Waals surface area contributed by atoms with Gasteiger partial charge in [0.2, 0.25) is 0 Å². The van der Waals surface area contributed by atoms with Crippen LogP contribution in [0.4, 0.5) is 0 Å². The number of rotatable bonds is 6. The molecule has 6 heteroatoms. The molecule has 1 fully saturated rings. The topological polar surface area (TPSA) is 73.0 Å². The molecule has 2 aromatic rings. The van der Waals surface area contributed by atoms with Crippen molar-refractivity contribution in [2.45, 2.75) is 32.7 Å². The number of piperidine rings is 1. The van der Waals surface area contributed by atoms with E-state index in [0.29, 0.717) is 19.7 Å². The van der Waals surface area contributed by atoms with Gasteiger partial charge in [0.25, 0.3) is 5.91 Å². The zero-order chi connectivity index (χ0) is 18.5. The van der Waals surface area contributed by atoms with Crippen molar-refractivity contribution in [2.75, 3.05) is 26.2 Å². The van der Waals surface area contributed by atoms with E-state index in [1.54, 1.807) is 0 Å². The third-order valence-electron chi connectivity index (χ3n) is 4.90. The first kappa shape index (κ1) is 18.5. The van der Waals surface area contributed by atoms with Gasteiger partial charge in [-0.15, -0.1) is 0 Å². The average molecular weight is 359 g/mol. The minimum Gasteiger partial charge on any atom is -0.466 e. The lowest BCUT2D eigenvalue weighted by atomic mass is 9.98. The van der Waals surface area contributed by atoms with Gasteiger partial charge >= 0.3 is 5.97 Å². The fraction of sp³-hybridized carbons (Fsp3) is 0.500. The zero-order valence-corrected chi connectivity index (χ0v) is 15.4. The van der Waals surface area contributed by atoms with Crippen LogP contribution in [0.3, 0.4) is 0 Å². The van der Waals surface area contributed by atoms with Gasteiger partial charge in [0.15, 0.2) is 6.54 Å². The largest absolute Gasteiger partial charge is 0.466 e. The van der Waals surface area contributed by atoms with Crippen molar-refractivity contribution in [1.82, 2.24) is 5.32 Å². The minimum atomic E-state index is -0.194. The van der Waals surface area contributed by atoms with E-state index in [1.165, 1.54) is 0 Å². The number of para-hydroxylation sites is 1. The SMILES string of the molecule is CCOC(=O)[C@@H]1CCC[NH+](CC(=O)N[C@@H](C)c2cc3ccccc3o2)C1. The molecule has 0 radical (unpaired) electrons. The van der Waals surface area contributed by atoms with Crippen LogP contribution in [0.1, 0.15) is 38.5 Å². The summed E-state index contributed by atoms with van der Waals surface area (Å²) in [5.41, 5.74) is 0.822. The number of nitrogens with one attached hydrogen (secondary N) is 2. The molecule has 1 unspecified atom stereocenters. The van der Waals surface area contributed by atoms with E-state index in [1.807, 2.05) is 44.2 Å². The predicted octanol–water partition coefficient (Wildman–Crippen LogP) is 1.47. The molecule has 140 valence electrons. The van der Waals surface area contributed by atoms with E-state index < -0.39 is 0 Å². The number of furan rings is 1. The van der Waals surface area contributed by atoms with Gasteiger partial charge in [-0.1, -0.05) is 18.2 Å². The van der Waals surface area contributed by atoms with Gasteiger partial charge in [0.1, 0.15) is 17.3 Å². The number of carbonyl (C=O) groups excluding carboxylic acids is 2. The molecule has 2 N–H and O–H groups in total. The summed E-state index contributed by atoms with van der Waals surface area (Å²) in [7, 11) is 0. The molecule has 1 amide bonds. The average Bonchev–Trinajstić information content (AvgIpc) is 3.06. The van der Waals surface area contributed by atoms with Crippen molar-refractivity contribution >= 4 is 22.8 Å². The molecule has 1 saturated heterocycles. The first-order valence-corrected chi connectivity index (χ1v) is 9.35. The monoisotopic (exact) mass is 359 g/mol. The van der Waals surface area contributed by atoms with Crippen molar-refractivity contribution in [3.05, 3.63) is 36.1 Å². The Kier molecular flexibility index (Phi) is 5.93. The molecule has 0 aliphatic carbocycles. The van der Waals surface area contributed by atoms with E-state index in [4.69, 9.17) is 9.15 Å². The second-order valence-corrected chi connectivity index (χ2v) is 6.95. The van der Waals surface area contributed by atoms with Crippen molar-refractivity contribution < 1.29 is 23.6 Å². The summed E-state index contributed by atoms with van der Waals surface area (Å²) in [4.78, 5) is 25.5. The maximum Gasteiger partial charge on any atom is 0.314 e. The molecule has 0 bridgehead atoms. The van der Waals surface area contributed by atoms with Crippen LogP contribution >= 0.6 is 0 Å². The Morgan fingerprint density at radius 3 is 2.96 bits per heavy atom. The molecule has 1 aromatic heterocycles. The molecule has 3 atom stereocenters. The van der Waals surface area contributed by atoms with E-state index in [-0.39, 0.29) is 23.8 Å². The molecule has 0 saturated carbocycles. The van der Waals surface area contributed by atoms with Crippen molar-refractivity contribution in [1.29, 1.82) is 0 Å². The van der Waals surface area contributed by atoms with Crippen molar-refractivity contribution in [3.63, 3.8) is 0 Å². The molecule has 1 aromatic carbocycles. The van der Waals surface area contributed by atoms with E-state index in [9.17, 15) is 9.59 Å². The smallest absolute Gasteiger partial charge is 0.314 e. The zero-order valence-electron chi connectivity index (χ0n) is 15.4. The number of quaternary nitrogens is 1. The van der Waals surface area contributed by atoms with Crippen molar-refractivity contribution in [3.8, 4) is 0 Å². The fourth-order valence-corrected chi connectivity index (χ4v) is 3.58. The third-order valence-corrected chi connectivity index (χ3v) is 4.90. The number of esters is 1. The van der Waals surface area contributed by atoms with E-state index in [0.717, 1.165) is 41.0 Å². The van der Waals surface area contributed by atoms with Crippen LogP contribution in [-0.4, -0.2) is 38.1 Å². The van der Waals surface area contributed by atoms with Gasteiger partial charge in [-0.25, -0.2) is 0 Å². The Hall–Kier alpha value is -2.34.